The first-order chi connectivity index (χ1) is 14.5. The summed E-state index contributed by atoms with van der Waals surface area (Å²) in [5.74, 6) is 1.05. The van der Waals surface area contributed by atoms with Crippen molar-refractivity contribution in [3.63, 3.8) is 0 Å². The van der Waals surface area contributed by atoms with Crippen molar-refractivity contribution in [3.05, 3.63) is 48.4 Å². The number of aryl methyl sites for hydroxylation is 1. The summed E-state index contributed by atoms with van der Waals surface area (Å²) in [5, 5.41) is 8.38. The van der Waals surface area contributed by atoms with E-state index in [-0.39, 0.29) is 11.3 Å². The SMILES string of the molecule is C=CC(=O)N1CC2(CCN(c3ncnc(-c4c(C)ccc5[nH]ncc45)c3CC)C2)C1. The van der Waals surface area contributed by atoms with Crippen LogP contribution in [0.4, 0.5) is 5.82 Å². The fourth-order valence-electron chi connectivity index (χ4n) is 5.08. The fraction of sp³-hybridized carbons (Fsp3) is 0.391. The number of nitrogens with one attached hydrogen (secondary N) is 1. The molecular formula is C23H26N6O. The molecule has 0 atom stereocenters. The molecule has 1 amide bonds. The molecule has 2 aromatic heterocycles. The number of rotatable bonds is 4. The zero-order valence-corrected chi connectivity index (χ0v) is 17.5. The maximum Gasteiger partial charge on any atom is 0.245 e. The maximum atomic E-state index is 11.9. The molecule has 3 aromatic rings. The Kier molecular flexibility index (Phi) is 4.34. The van der Waals surface area contributed by atoms with Crippen LogP contribution in [0.25, 0.3) is 22.2 Å². The van der Waals surface area contributed by atoms with Gasteiger partial charge in [0.05, 0.1) is 17.4 Å². The minimum Gasteiger partial charge on any atom is -0.356 e. The molecule has 7 nitrogen and oxygen atoms in total. The van der Waals surface area contributed by atoms with Gasteiger partial charge in [-0.3, -0.25) is 9.89 Å². The zero-order chi connectivity index (χ0) is 20.9. The molecule has 2 aliphatic heterocycles. The molecular weight excluding hydrogens is 376 g/mol. The van der Waals surface area contributed by atoms with Crippen LogP contribution in [-0.4, -0.2) is 57.2 Å². The zero-order valence-electron chi connectivity index (χ0n) is 17.5. The lowest BCUT2D eigenvalue weighted by atomic mass is 9.79. The van der Waals surface area contributed by atoms with E-state index in [2.05, 4.69) is 47.7 Å². The average Bonchev–Trinajstić information content (AvgIpc) is 3.39. The van der Waals surface area contributed by atoms with Crippen LogP contribution >= 0.6 is 0 Å². The number of aromatic nitrogens is 4. The molecule has 7 heteroatoms. The van der Waals surface area contributed by atoms with E-state index >= 15 is 0 Å². The number of likely N-dealkylation sites (tertiary alicyclic amines) is 1. The molecule has 154 valence electrons. The summed E-state index contributed by atoms with van der Waals surface area (Å²) in [6.45, 7) is 11.4. The number of aromatic amines is 1. The number of carbonyl (C=O) groups is 1. The highest BCUT2D eigenvalue weighted by atomic mass is 16.2. The van der Waals surface area contributed by atoms with Crippen LogP contribution in [0.2, 0.25) is 0 Å². The summed E-state index contributed by atoms with van der Waals surface area (Å²) in [7, 11) is 0. The van der Waals surface area contributed by atoms with E-state index in [0.717, 1.165) is 67.0 Å². The smallest absolute Gasteiger partial charge is 0.245 e. The normalized spacial score (nSPS) is 17.5. The van der Waals surface area contributed by atoms with Crippen molar-refractivity contribution < 1.29 is 4.79 Å². The Bertz CT molecular complexity index is 1140. The van der Waals surface area contributed by atoms with Gasteiger partial charge in [0.1, 0.15) is 12.1 Å². The third-order valence-electron chi connectivity index (χ3n) is 6.62. The molecule has 2 fully saturated rings. The van der Waals surface area contributed by atoms with E-state index in [1.165, 1.54) is 17.2 Å². The number of amides is 1. The van der Waals surface area contributed by atoms with Gasteiger partial charge in [-0.25, -0.2) is 9.97 Å². The molecule has 0 aliphatic carbocycles. The van der Waals surface area contributed by atoms with Crippen LogP contribution in [0.3, 0.4) is 0 Å². The second-order valence-electron chi connectivity index (χ2n) is 8.54. The monoisotopic (exact) mass is 402 g/mol. The third-order valence-corrected chi connectivity index (χ3v) is 6.62. The molecule has 1 spiro atoms. The summed E-state index contributed by atoms with van der Waals surface area (Å²) < 4.78 is 0. The van der Waals surface area contributed by atoms with Gasteiger partial charge in [0.15, 0.2) is 0 Å². The minimum absolute atomic E-state index is 0.0290. The van der Waals surface area contributed by atoms with Crippen LogP contribution in [-0.2, 0) is 11.2 Å². The molecule has 1 aromatic carbocycles. The predicted molar refractivity (Wildman–Crippen MR) is 117 cm³/mol. The second kappa shape index (κ2) is 6.93. The lowest BCUT2D eigenvalue weighted by molar-refractivity contribution is -0.136. The van der Waals surface area contributed by atoms with Crippen molar-refractivity contribution in [1.29, 1.82) is 0 Å². The van der Waals surface area contributed by atoms with Gasteiger partial charge >= 0.3 is 0 Å². The van der Waals surface area contributed by atoms with Crippen LogP contribution in [0.1, 0.15) is 24.5 Å². The van der Waals surface area contributed by atoms with Gasteiger partial charge in [-0.1, -0.05) is 19.6 Å². The van der Waals surface area contributed by atoms with Crippen molar-refractivity contribution in [2.75, 3.05) is 31.1 Å². The van der Waals surface area contributed by atoms with Crippen LogP contribution < -0.4 is 4.90 Å². The predicted octanol–water partition coefficient (Wildman–Crippen LogP) is 3.12. The number of nitrogens with zero attached hydrogens (tertiary/aromatic N) is 5. The molecule has 30 heavy (non-hydrogen) atoms. The summed E-state index contributed by atoms with van der Waals surface area (Å²) in [6.07, 6.45) is 6.89. The molecule has 2 saturated heterocycles. The summed E-state index contributed by atoms with van der Waals surface area (Å²) in [4.78, 5) is 25.6. The Morgan fingerprint density at radius 3 is 2.90 bits per heavy atom. The molecule has 0 bridgehead atoms. The largest absolute Gasteiger partial charge is 0.356 e. The Balaban J connectivity index is 1.50. The molecule has 4 heterocycles. The standard InChI is InChI=1S/C23H26N6O/c1-4-16-21(20-15(3)6-7-18-17(20)10-26-27-18)24-14-25-22(16)28-9-8-23(11-28)12-29(13-23)19(30)5-2/h5-7,10,14H,2,4,8-9,11-13H2,1,3H3,(H,26,27). The van der Waals surface area contributed by atoms with Crippen LogP contribution in [0, 0.1) is 12.3 Å². The minimum atomic E-state index is 0.0290. The Labute approximate surface area is 175 Å². The van der Waals surface area contributed by atoms with Crippen LogP contribution in [0.15, 0.2) is 37.3 Å². The second-order valence-corrected chi connectivity index (χ2v) is 8.54. The van der Waals surface area contributed by atoms with E-state index in [1.54, 1.807) is 6.33 Å². The molecule has 0 radical (unpaired) electrons. The van der Waals surface area contributed by atoms with Gasteiger partial charge in [0.25, 0.3) is 0 Å². The summed E-state index contributed by atoms with van der Waals surface area (Å²) in [6, 6.07) is 4.17. The maximum absolute atomic E-state index is 11.9. The van der Waals surface area contributed by atoms with Gasteiger partial charge in [0.2, 0.25) is 5.91 Å². The van der Waals surface area contributed by atoms with Crippen molar-refractivity contribution in [2.24, 2.45) is 5.41 Å². The van der Waals surface area contributed by atoms with E-state index in [9.17, 15) is 4.79 Å². The quantitative estimate of drug-likeness (QED) is 0.679. The van der Waals surface area contributed by atoms with Gasteiger partial charge in [0, 0.05) is 48.1 Å². The summed E-state index contributed by atoms with van der Waals surface area (Å²) >= 11 is 0. The van der Waals surface area contributed by atoms with Crippen molar-refractivity contribution in [3.8, 4) is 11.3 Å². The summed E-state index contributed by atoms with van der Waals surface area (Å²) in [5.41, 5.74) is 5.66. The Hall–Kier alpha value is -3.22. The first-order valence-electron chi connectivity index (χ1n) is 10.5. The average molecular weight is 403 g/mol. The number of benzene rings is 1. The van der Waals surface area contributed by atoms with Crippen molar-refractivity contribution >= 4 is 22.6 Å². The van der Waals surface area contributed by atoms with Crippen molar-refractivity contribution in [1.82, 2.24) is 25.1 Å². The molecule has 0 unspecified atom stereocenters. The molecule has 1 N–H and O–H groups in total. The topological polar surface area (TPSA) is 78.0 Å². The fourth-order valence-corrected chi connectivity index (χ4v) is 5.08. The molecule has 2 aliphatic rings. The van der Waals surface area contributed by atoms with E-state index in [0.29, 0.717) is 0 Å². The number of anilines is 1. The van der Waals surface area contributed by atoms with Crippen LogP contribution in [0.5, 0.6) is 0 Å². The van der Waals surface area contributed by atoms with E-state index < -0.39 is 0 Å². The highest BCUT2D eigenvalue weighted by Crippen LogP contribution is 2.43. The lowest BCUT2D eigenvalue weighted by Crippen LogP contribution is -2.59. The Morgan fingerprint density at radius 2 is 2.13 bits per heavy atom. The Morgan fingerprint density at radius 1 is 1.30 bits per heavy atom. The van der Waals surface area contributed by atoms with Crippen molar-refractivity contribution in [2.45, 2.75) is 26.7 Å². The van der Waals surface area contributed by atoms with E-state index in [1.807, 2.05) is 11.1 Å². The van der Waals surface area contributed by atoms with E-state index in [4.69, 9.17) is 9.97 Å². The number of H-pyrrole nitrogens is 1. The third kappa shape index (κ3) is 2.80. The van der Waals surface area contributed by atoms with Gasteiger partial charge in [-0.2, -0.15) is 5.10 Å². The van der Waals surface area contributed by atoms with Gasteiger partial charge < -0.3 is 9.80 Å². The molecule has 5 rings (SSSR count). The molecule has 0 saturated carbocycles. The highest BCUT2D eigenvalue weighted by molar-refractivity contribution is 5.96. The number of hydrogen-bond donors (Lipinski definition) is 1. The first-order valence-corrected chi connectivity index (χ1v) is 10.5. The van der Waals surface area contributed by atoms with Gasteiger partial charge in [-0.15, -0.1) is 0 Å². The number of fused-ring (bicyclic) bond motifs is 1. The number of hydrogen-bond acceptors (Lipinski definition) is 5. The van der Waals surface area contributed by atoms with Gasteiger partial charge in [-0.05, 0) is 37.5 Å². The highest BCUT2D eigenvalue weighted by Gasteiger charge is 2.49. The lowest BCUT2D eigenvalue weighted by Gasteiger charge is -2.47. The first kappa shape index (κ1) is 18.8. The number of carbonyl (C=O) groups excluding carboxylic acids is 1.